The molecule has 0 aliphatic carbocycles. The summed E-state index contributed by atoms with van der Waals surface area (Å²) in [5, 5.41) is 12.9. The predicted octanol–water partition coefficient (Wildman–Crippen LogP) is 0.951. The fourth-order valence-corrected chi connectivity index (χ4v) is 2.60. The lowest BCUT2D eigenvalue weighted by Crippen LogP contribution is -2.45. The van der Waals surface area contributed by atoms with Crippen LogP contribution in [-0.4, -0.2) is 54.1 Å². The molecular formula is C14H25IN6O. The van der Waals surface area contributed by atoms with Gasteiger partial charge < -0.3 is 15.5 Å². The molecule has 0 spiro atoms. The summed E-state index contributed by atoms with van der Waals surface area (Å²) in [4.78, 5) is 18.0. The molecule has 1 amide bonds. The van der Waals surface area contributed by atoms with Gasteiger partial charge in [0.05, 0.1) is 12.2 Å². The van der Waals surface area contributed by atoms with E-state index in [9.17, 15) is 4.79 Å². The maximum Gasteiger partial charge on any atom is 0.220 e. The van der Waals surface area contributed by atoms with Crippen molar-refractivity contribution in [1.29, 1.82) is 0 Å². The first-order valence-electron chi connectivity index (χ1n) is 7.37. The van der Waals surface area contributed by atoms with E-state index in [2.05, 4.69) is 30.7 Å². The zero-order valence-electron chi connectivity index (χ0n) is 13.1. The maximum atomic E-state index is 11.4. The Morgan fingerprint density at radius 3 is 2.77 bits per heavy atom. The van der Waals surface area contributed by atoms with Gasteiger partial charge in [-0.25, -0.2) is 0 Å². The molecule has 1 aromatic rings. The highest BCUT2D eigenvalue weighted by Crippen LogP contribution is 2.20. The van der Waals surface area contributed by atoms with Gasteiger partial charge in [0.15, 0.2) is 5.96 Å². The molecule has 2 heterocycles. The second-order valence-corrected chi connectivity index (χ2v) is 5.29. The number of halogens is 1. The van der Waals surface area contributed by atoms with Crippen LogP contribution >= 0.6 is 24.0 Å². The molecule has 2 rings (SSSR count). The average Bonchev–Trinajstić information content (AvgIpc) is 3.02. The Bertz CT molecular complexity index is 468. The Balaban J connectivity index is 0.00000242. The second kappa shape index (κ2) is 9.65. The molecule has 1 aliphatic heterocycles. The van der Waals surface area contributed by atoms with Crippen LogP contribution in [0.2, 0.25) is 0 Å². The molecule has 3 N–H and O–H groups in total. The number of nitrogens with zero attached hydrogens (tertiary/aromatic N) is 3. The number of nitrogens with one attached hydrogen (secondary N) is 3. The van der Waals surface area contributed by atoms with Crippen molar-refractivity contribution in [3.63, 3.8) is 0 Å². The summed E-state index contributed by atoms with van der Waals surface area (Å²) in [7, 11) is 3.49. The Morgan fingerprint density at radius 1 is 1.50 bits per heavy atom. The van der Waals surface area contributed by atoms with E-state index in [1.807, 2.05) is 6.07 Å². The molecular weight excluding hydrogens is 395 g/mol. The van der Waals surface area contributed by atoms with Crippen molar-refractivity contribution in [2.45, 2.75) is 25.8 Å². The van der Waals surface area contributed by atoms with Crippen LogP contribution in [0.5, 0.6) is 0 Å². The Hall–Kier alpha value is -1.32. The van der Waals surface area contributed by atoms with Gasteiger partial charge in [0, 0.05) is 39.8 Å². The van der Waals surface area contributed by atoms with E-state index < -0.39 is 0 Å². The molecule has 1 aliphatic rings. The Labute approximate surface area is 148 Å². The highest BCUT2D eigenvalue weighted by atomic mass is 127. The minimum Gasteiger partial charge on any atom is -0.359 e. The van der Waals surface area contributed by atoms with Gasteiger partial charge in [0.1, 0.15) is 0 Å². The molecule has 1 fully saturated rings. The fourth-order valence-electron chi connectivity index (χ4n) is 2.60. The standard InChI is InChI=1S/C14H24N6O.HI/c1-15-13(21)9-11-4-7-20(8-5-11)14(16-2)17-10-12-3-6-18-19-12;/h3,6,11H,4-5,7-10H2,1-2H3,(H,15,21)(H,16,17)(H,18,19);1H. The number of guanidine groups is 1. The van der Waals surface area contributed by atoms with E-state index >= 15 is 0 Å². The smallest absolute Gasteiger partial charge is 0.220 e. The normalized spacial score (nSPS) is 16.1. The summed E-state index contributed by atoms with van der Waals surface area (Å²) in [6.07, 6.45) is 4.42. The number of carbonyl (C=O) groups excluding carboxylic acids is 1. The van der Waals surface area contributed by atoms with Crippen LogP contribution in [0.15, 0.2) is 17.3 Å². The van der Waals surface area contributed by atoms with Crippen LogP contribution in [0.25, 0.3) is 0 Å². The summed E-state index contributed by atoms with van der Waals surface area (Å²) in [5.74, 6) is 1.52. The second-order valence-electron chi connectivity index (χ2n) is 5.29. The molecule has 1 aromatic heterocycles. The molecule has 0 saturated carbocycles. The Morgan fingerprint density at radius 2 is 2.23 bits per heavy atom. The molecule has 22 heavy (non-hydrogen) atoms. The molecule has 0 bridgehead atoms. The number of aromatic nitrogens is 2. The van der Waals surface area contributed by atoms with Gasteiger partial charge in [0.25, 0.3) is 0 Å². The third-order valence-electron chi connectivity index (χ3n) is 3.87. The summed E-state index contributed by atoms with van der Waals surface area (Å²) in [6.45, 7) is 2.56. The van der Waals surface area contributed by atoms with Gasteiger partial charge in [-0.1, -0.05) is 0 Å². The van der Waals surface area contributed by atoms with Gasteiger partial charge in [-0.3, -0.25) is 14.9 Å². The van der Waals surface area contributed by atoms with Gasteiger partial charge in [-0.05, 0) is 24.8 Å². The lowest BCUT2D eigenvalue weighted by molar-refractivity contribution is -0.121. The van der Waals surface area contributed by atoms with Crippen molar-refractivity contribution in [2.24, 2.45) is 10.9 Å². The van der Waals surface area contributed by atoms with Gasteiger partial charge >= 0.3 is 0 Å². The number of aromatic amines is 1. The first kappa shape index (κ1) is 18.7. The van der Waals surface area contributed by atoms with Crippen molar-refractivity contribution in [3.05, 3.63) is 18.0 Å². The van der Waals surface area contributed by atoms with Crippen LogP contribution < -0.4 is 10.6 Å². The molecule has 7 nitrogen and oxygen atoms in total. The first-order chi connectivity index (χ1) is 10.2. The van der Waals surface area contributed by atoms with Crippen LogP contribution in [-0.2, 0) is 11.3 Å². The van der Waals surface area contributed by atoms with Crippen LogP contribution in [0.4, 0.5) is 0 Å². The lowest BCUT2D eigenvalue weighted by atomic mass is 9.93. The SMILES string of the molecule is CN=C(NCc1ccn[nH]1)N1CCC(CC(=O)NC)CC1.I. The van der Waals surface area contributed by atoms with Crippen molar-refractivity contribution in [2.75, 3.05) is 27.2 Å². The van der Waals surface area contributed by atoms with E-state index in [1.54, 1.807) is 20.3 Å². The van der Waals surface area contributed by atoms with E-state index in [0.717, 1.165) is 37.6 Å². The Kier molecular flexibility index (Phi) is 8.21. The summed E-state index contributed by atoms with van der Waals surface area (Å²) in [5.41, 5.74) is 1.03. The minimum absolute atomic E-state index is 0. The summed E-state index contributed by atoms with van der Waals surface area (Å²) < 4.78 is 0. The minimum atomic E-state index is 0. The lowest BCUT2D eigenvalue weighted by Gasteiger charge is -2.34. The number of amides is 1. The third-order valence-corrected chi connectivity index (χ3v) is 3.87. The number of hydrogen-bond acceptors (Lipinski definition) is 3. The molecule has 0 atom stereocenters. The van der Waals surface area contributed by atoms with E-state index in [-0.39, 0.29) is 29.9 Å². The molecule has 0 radical (unpaired) electrons. The average molecular weight is 420 g/mol. The highest BCUT2D eigenvalue weighted by Gasteiger charge is 2.22. The molecule has 124 valence electrons. The summed E-state index contributed by atoms with van der Waals surface area (Å²) >= 11 is 0. The number of aliphatic imine (C=N–C) groups is 1. The molecule has 0 unspecified atom stereocenters. The first-order valence-corrected chi connectivity index (χ1v) is 7.37. The number of H-pyrrole nitrogens is 1. The van der Waals surface area contributed by atoms with Gasteiger partial charge in [0.2, 0.25) is 5.91 Å². The number of hydrogen-bond donors (Lipinski definition) is 3. The van der Waals surface area contributed by atoms with Crippen LogP contribution in [0.1, 0.15) is 25.0 Å². The number of rotatable bonds is 4. The largest absolute Gasteiger partial charge is 0.359 e. The van der Waals surface area contributed by atoms with Crippen molar-refractivity contribution >= 4 is 35.8 Å². The molecule has 1 saturated heterocycles. The van der Waals surface area contributed by atoms with Crippen LogP contribution in [0.3, 0.4) is 0 Å². The van der Waals surface area contributed by atoms with Crippen molar-refractivity contribution in [3.8, 4) is 0 Å². The number of likely N-dealkylation sites (tertiary alicyclic amines) is 1. The van der Waals surface area contributed by atoms with Crippen molar-refractivity contribution in [1.82, 2.24) is 25.7 Å². The van der Waals surface area contributed by atoms with Gasteiger partial charge in [-0.15, -0.1) is 24.0 Å². The highest BCUT2D eigenvalue weighted by molar-refractivity contribution is 14.0. The summed E-state index contributed by atoms with van der Waals surface area (Å²) in [6, 6.07) is 1.94. The van der Waals surface area contributed by atoms with Gasteiger partial charge in [-0.2, -0.15) is 5.10 Å². The van der Waals surface area contributed by atoms with E-state index in [1.165, 1.54) is 0 Å². The van der Waals surface area contributed by atoms with E-state index in [0.29, 0.717) is 18.9 Å². The zero-order chi connectivity index (χ0) is 15.1. The van der Waals surface area contributed by atoms with Crippen molar-refractivity contribution < 1.29 is 4.79 Å². The monoisotopic (exact) mass is 420 g/mol. The predicted molar refractivity (Wildman–Crippen MR) is 97.2 cm³/mol. The maximum absolute atomic E-state index is 11.4. The fraction of sp³-hybridized carbons (Fsp3) is 0.643. The third kappa shape index (κ3) is 5.47. The van der Waals surface area contributed by atoms with E-state index in [4.69, 9.17) is 0 Å². The topological polar surface area (TPSA) is 85.4 Å². The number of piperidine rings is 1. The zero-order valence-corrected chi connectivity index (χ0v) is 15.5. The van der Waals surface area contributed by atoms with Crippen LogP contribution in [0, 0.1) is 5.92 Å². The molecule has 8 heteroatoms. The molecule has 0 aromatic carbocycles. The quantitative estimate of drug-likeness (QED) is 0.385. The number of carbonyl (C=O) groups is 1.